The number of hydrogen-bond acceptors (Lipinski definition) is 3. The van der Waals surface area contributed by atoms with Gasteiger partial charge in [-0.05, 0) is 56.0 Å². The number of nitrogens with zero attached hydrogens (tertiary/aromatic N) is 1. The summed E-state index contributed by atoms with van der Waals surface area (Å²) in [7, 11) is -3.50. The first-order valence-electron chi connectivity index (χ1n) is 10.5. The summed E-state index contributed by atoms with van der Waals surface area (Å²) in [6, 6.07) is 15.1. The van der Waals surface area contributed by atoms with Gasteiger partial charge in [-0.15, -0.1) is 0 Å². The average Bonchev–Trinajstić information content (AvgIpc) is 2.75. The Hall–Kier alpha value is -2.22. The van der Waals surface area contributed by atoms with Gasteiger partial charge in [0.05, 0.1) is 31.1 Å². The molecule has 1 atom stereocenters. The lowest BCUT2D eigenvalue weighted by Gasteiger charge is -2.34. The average molecular weight is 431 g/mol. The van der Waals surface area contributed by atoms with Crippen molar-refractivity contribution in [3.63, 3.8) is 0 Å². The van der Waals surface area contributed by atoms with Crippen LogP contribution in [0.4, 0.5) is 0 Å². The molecule has 7 heteroatoms. The first-order chi connectivity index (χ1) is 14.3. The Balaban J connectivity index is 1.51. The number of quaternary nitrogens is 1. The summed E-state index contributed by atoms with van der Waals surface area (Å²) in [6.45, 7) is 8.51. The molecule has 1 aliphatic heterocycles. The Kier molecular flexibility index (Phi) is 7.28. The number of carbonyl (C=O) groups is 1. The Morgan fingerprint density at radius 1 is 1.07 bits per heavy atom. The second-order valence-corrected chi connectivity index (χ2v) is 9.99. The van der Waals surface area contributed by atoms with Crippen LogP contribution in [-0.4, -0.2) is 57.4 Å². The zero-order chi connectivity index (χ0) is 21.7. The largest absolute Gasteiger partial charge is 0.351 e. The van der Waals surface area contributed by atoms with E-state index >= 15 is 0 Å². The molecule has 0 spiro atoms. The first-order valence-corrected chi connectivity index (χ1v) is 12.0. The van der Waals surface area contributed by atoms with E-state index < -0.39 is 10.0 Å². The molecule has 162 valence electrons. The molecule has 6 nitrogen and oxygen atoms in total. The number of nitrogens with one attached hydrogen (secondary N) is 2. The Morgan fingerprint density at radius 2 is 1.73 bits per heavy atom. The van der Waals surface area contributed by atoms with Crippen molar-refractivity contribution >= 4 is 15.9 Å². The molecule has 2 aromatic carbocycles. The van der Waals surface area contributed by atoms with Gasteiger partial charge in [0.25, 0.3) is 5.91 Å². The third kappa shape index (κ3) is 5.28. The molecule has 0 aromatic heterocycles. The van der Waals surface area contributed by atoms with Crippen LogP contribution in [0.3, 0.4) is 0 Å². The third-order valence-corrected chi connectivity index (χ3v) is 7.94. The van der Waals surface area contributed by atoms with Crippen molar-refractivity contribution in [2.45, 2.75) is 38.1 Å². The molecule has 0 aliphatic carbocycles. The van der Waals surface area contributed by atoms with Crippen LogP contribution in [0, 0.1) is 13.8 Å². The van der Waals surface area contributed by atoms with Gasteiger partial charge < -0.3 is 10.2 Å². The highest BCUT2D eigenvalue weighted by Crippen LogP contribution is 2.19. The number of benzene rings is 2. The maximum atomic E-state index is 13.0. The maximum Gasteiger partial charge on any atom is 0.278 e. The molecule has 30 heavy (non-hydrogen) atoms. The van der Waals surface area contributed by atoms with Crippen LogP contribution in [-0.2, 0) is 21.2 Å². The van der Waals surface area contributed by atoms with Crippen molar-refractivity contribution in [3.05, 3.63) is 65.2 Å². The van der Waals surface area contributed by atoms with Crippen LogP contribution in [0.15, 0.2) is 53.4 Å². The minimum Gasteiger partial charge on any atom is -0.351 e. The van der Waals surface area contributed by atoms with E-state index in [0.717, 1.165) is 22.4 Å². The smallest absolute Gasteiger partial charge is 0.278 e. The SMILES string of the molecule is Cc1ccc(S(=O)(=O)N2CC[NH+]([C@@H](C)C(=O)NCCc3ccccc3)CC2)cc1C. The fraction of sp³-hybridized carbons (Fsp3) is 0.435. The molecular formula is C23H32N3O3S+. The standard InChI is InChI=1S/C23H31N3O3S/c1-18-9-10-22(17-19(18)2)30(28,29)26-15-13-25(14-16-26)20(3)23(27)24-12-11-21-7-5-4-6-8-21/h4-10,17,20H,11-16H2,1-3H3,(H,24,27)/p+1/t20-/m0/s1. The van der Waals surface area contributed by atoms with Gasteiger partial charge in [0.15, 0.2) is 6.04 Å². The normalized spacial score (nSPS) is 16.9. The van der Waals surface area contributed by atoms with E-state index in [1.165, 1.54) is 5.56 Å². The summed E-state index contributed by atoms with van der Waals surface area (Å²) >= 11 is 0. The number of amides is 1. The van der Waals surface area contributed by atoms with Gasteiger partial charge >= 0.3 is 0 Å². The van der Waals surface area contributed by atoms with Crippen molar-refractivity contribution in [2.24, 2.45) is 0 Å². The quantitative estimate of drug-likeness (QED) is 0.687. The van der Waals surface area contributed by atoms with Gasteiger partial charge in [-0.25, -0.2) is 8.42 Å². The second kappa shape index (κ2) is 9.73. The highest BCUT2D eigenvalue weighted by Gasteiger charge is 2.34. The number of aryl methyl sites for hydroxylation is 2. The van der Waals surface area contributed by atoms with Crippen molar-refractivity contribution < 1.29 is 18.1 Å². The zero-order valence-corrected chi connectivity index (χ0v) is 18.8. The van der Waals surface area contributed by atoms with Crippen LogP contribution in [0.1, 0.15) is 23.6 Å². The Morgan fingerprint density at radius 3 is 2.37 bits per heavy atom. The van der Waals surface area contributed by atoms with Crippen LogP contribution >= 0.6 is 0 Å². The van der Waals surface area contributed by atoms with Crippen molar-refractivity contribution in [2.75, 3.05) is 32.7 Å². The number of sulfonamides is 1. The molecule has 1 saturated heterocycles. The topological polar surface area (TPSA) is 70.9 Å². The molecule has 1 amide bonds. The fourth-order valence-corrected chi connectivity index (χ4v) is 5.31. The maximum absolute atomic E-state index is 13.0. The lowest BCUT2D eigenvalue weighted by molar-refractivity contribution is -0.917. The molecule has 0 radical (unpaired) electrons. The molecule has 1 aliphatic rings. The second-order valence-electron chi connectivity index (χ2n) is 8.06. The number of piperazine rings is 1. The van der Waals surface area contributed by atoms with Gasteiger partial charge in [-0.3, -0.25) is 4.79 Å². The summed E-state index contributed by atoms with van der Waals surface area (Å²) in [5, 5.41) is 3.02. The van der Waals surface area contributed by atoms with Gasteiger partial charge in [-0.1, -0.05) is 36.4 Å². The molecule has 1 heterocycles. The fourth-order valence-electron chi connectivity index (χ4n) is 3.78. The summed E-state index contributed by atoms with van der Waals surface area (Å²) < 4.78 is 27.5. The number of rotatable bonds is 7. The van der Waals surface area contributed by atoms with Crippen molar-refractivity contribution in [1.82, 2.24) is 9.62 Å². The van der Waals surface area contributed by atoms with Crippen molar-refractivity contribution in [1.29, 1.82) is 0 Å². The number of hydrogen-bond donors (Lipinski definition) is 2. The van der Waals surface area contributed by atoms with Crippen LogP contribution < -0.4 is 10.2 Å². The van der Waals surface area contributed by atoms with E-state index in [1.54, 1.807) is 16.4 Å². The molecule has 2 aromatic rings. The van der Waals surface area contributed by atoms with E-state index in [-0.39, 0.29) is 11.9 Å². The predicted molar refractivity (Wildman–Crippen MR) is 118 cm³/mol. The first kappa shape index (κ1) is 22.5. The minimum atomic E-state index is -3.50. The lowest BCUT2D eigenvalue weighted by atomic mass is 10.1. The van der Waals surface area contributed by atoms with Gasteiger partial charge in [0.2, 0.25) is 10.0 Å². The molecular weight excluding hydrogens is 398 g/mol. The Bertz CT molecular complexity index is 968. The van der Waals surface area contributed by atoms with Gasteiger partial charge in [-0.2, -0.15) is 4.31 Å². The minimum absolute atomic E-state index is 0.0198. The van der Waals surface area contributed by atoms with Gasteiger partial charge in [0.1, 0.15) is 0 Å². The van der Waals surface area contributed by atoms with E-state index in [1.807, 2.05) is 45.0 Å². The Labute approximate surface area is 179 Å². The zero-order valence-electron chi connectivity index (χ0n) is 18.0. The van der Waals surface area contributed by atoms with Crippen LogP contribution in [0.2, 0.25) is 0 Å². The lowest BCUT2D eigenvalue weighted by Crippen LogP contribution is -3.19. The highest BCUT2D eigenvalue weighted by molar-refractivity contribution is 7.89. The predicted octanol–water partition coefficient (Wildman–Crippen LogP) is 0.940. The van der Waals surface area contributed by atoms with Gasteiger partial charge in [0, 0.05) is 6.54 Å². The van der Waals surface area contributed by atoms with E-state index in [0.29, 0.717) is 37.6 Å². The highest BCUT2D eigenvalue weighted by atomic mass is 32.2. The van der Waals surface area contributed by atoms with E-state index in [4.69, 9.17) is 0 Å². The van der Waals surface area contributed by atoms with E-state index in [2.05, 4.69) is 17.4 Å². The molecule has 1 fully saturated rings. The summed E-state index contributed by atoms with van der Waals surface area (Å²) in [5.74, 6) is 0.0198. The number of carbonyl (C=O) groups excluding carboxylic acids is 1. The molecule has 0 bridgehead atoms. The van der Waals surface area contributed by atoms with Crippen LogP contribution in [0.5, 0.6) is 0 Å². The molecule has 2 N–H and O–H groups in total. The summed E-state index contributed by atoms with van der Waals surface area (Å²) in [5.41, 5.74) is 3.25. The third-order valence-electron chi connectivity index (χ3n) is 6.04. The monoisotopic (exact) mass is 430 g/mol. The molecule has 0 saturated carbocycles. The van der Waals surface area contributed by atoms with Crippen LogP contribution in [0.25, 0.3) is 0 Å². The van der Waals surface area contributed by atoms with E-state index in [9.17, 15) is 13.2 Å². The molecule has 0 unspecified atom stereocenters. The summed E-state index contributed by atoms with van der Waals surface area (Å²) in [6.07, 6.45) is 0.802. The van der Waals surface area contributed by atoms with Crippen molar-refractivity contribution in [3.8, 4) is 0 Å². The molecule has 3 rings (SSSR count). The summed E-state index contributed by atoms with van der Waals surface area (Å²) in [4.78, 5) is 14.0.